The highest BCUT2D eigenvalue weighted by Gasteiger charge is 2.21. The summed E-state index contributed by atoms with van der Waals surface area (Å²) in [6.45, 7) is 2.82. The Hall–Kier alpha value is -2.40. The molecule has 2 aromatic rings. The Bertz CT molecular complexity index is 728. The van der Waals surface area contributed by atoms with Crippen molar-refractivity contribution in [1.29, 1.82) is 0 Å². The Morgan fingerprint density at radius 2 is 1.92 bits per heavy atom. The fraction of sp³-hybridized carbons (Fsp3) is 0.278. The minimum absolute atomic E-state index is 0.158. The van der Waals surface area contributed by atoms with E-state index in [1.165, 1.54) is 7.11 Å². The lowest BCUT2D eigenvalue weighted by molar-refractivity contribution is 0.0938. The monoisotopic (exact) mass is 347 g/mol. The molecule has 1 aliphatic heterocycles. The number of fused-ring (bicyclic) bond motifs is 1. The van der Waals surface area contributed by atoms with Crippen molar-refractivity contribution in [2.45, 2.75) is 13.0 Å². The second-order valence-electron chi connectivity index (χ2n) is 5.45. The third-order valence-corrected chi connectivity index (χ3v) is 4.06. The third kappa shape index (κ3) is 3.41. The van der Waals surface area contributed by atoms with Crippen LogP contribution in [0.2, 0.25) is 5.02 Å². The molecule has 126 valence electrons. The Labute approximate surface area is 145 Å². The Morgan fingerprint density at radius 1 is 1.21 bits per heavy atom. The summed E-state index contributed by atoms with van der Waals surface area (Å²) in [5.74, 6) is 1.32. The molecule has 24 heavy (non-hydrogen) atoms. The van der Waals surface area contributed by atoms with Gasteiger partial charge in [-0.2, -0.15) is 0 Å². The van der Waals surface area contributed by atoms with E-state index in [1.807, 2.05) is 19.1 Å². The minimum atomic E-state index is -0.215. The maximum absolute atomic E-state index is 12.6. The first-order valence-corrected chi connectivity index (χ1v) is 8.00. The lowest BCUT2D eigenvalue weighted by atomic mass is 10.1. The topological polar surface area (TPSA) is 56.8 Å². The molecule has 1 aliphatic rings. The highest BCUT2D eigenvalue weighted by molar-refractivity contribution is 6.30. The van der Waals surface area contributed by atoms with Crippen LogP contribution >= 0.6 is 11.6 Å². The molecule has 1 heterocycles. The van der Waals surface area contributed by atoms with Gasteiger partial charge in [0.25, 0.3) is 5.91 Å². The fourth-order valence-corrected chi connectivity index (χ4v) is 2.64. The van der Waals surface area contributed by atoms with Gasteiger partial charge in [0.2, 0.25) is 5.75 Å². The van der Waals surface area contributed by atoms with Crippen LogP contribution in [0.25, 0.3) is 0 Å². The predicted molar refractivity (Wildman–Crippen MR) is 91.3 cm³/mol. The van der Waals surface area contributed by atoms with E-state index in [9.17, 15) is 4.79 Å². The zero-order valence-electron chi connectivity index (χ0n) is 13.5. The molecule has 0 aromatic heterocycles. The van der Waals surface area contributed by atoms with Crippen molar-refractivity contribution in [1.82, 2.24) is 5.32 Å². The van der Waals surface area contributed by atoms with E-state index < -0.39 is 0 Å². The van der Waals surface area contributed by atoms with Crippen LogP contribution in [0.3, 0.4) is 0 Å². The fourth-order valence-electron chi connectivity index (χ4n) is 2.52. The van der Waals surface area contributed by atoms with E-state index in [1.54, 1.807) is 24.3 Å². The number of nitrogens with one attached hydrogen (secondary N) is 1. The predicted octanol–water partition coefficient (Wildman–Crippen LogP) is 3.61. The van der Waals surface area contributed by atoms with Crippen molar-refractivity contribution in [3.63, 3.8) is 0 Å². The van der Waals surface area contributed by atoms with Gasteiger partial charge in [0.05, 0.1) is 13.2 Å². The number of rotatable bonds is 4. The first-order valence-electron chi connectivity index (χ1n) is 7.62. The van der Waals surface area contributed by atoms with Crippen LogP contribution in [0.1, 0.15) is 28.9 Å². The SMILES string of the molecule is COc1cc(C(=O)NC(C)c2ccc(Cl)cc2)cc2c1OCCO2. The third-order valence-electron chi connectivity index (χ3n) is 3.81. The van der Waals surface area contributed by atoms with Gasteiger partial charge in [0.15, 0.2) is 11.5 Å². The number of amides is 1. The molecule has 1 unspecified atom stereocenters. The number of carbonyl (C=O) groups excluding carboxylic acids is 1. The quantitative estimate of drug-likeness (QED) is 0.918. The van der Waals surface area contributed by atoms with Gasteiger partial charge in [0.1, 0.15) is 13.2 Å². The molecule has 1 atom stereocenters. The lowest BCUT2D eigenvalue weighted by Gasteiger charge is -2.22. The van der Waals surface area contributed by atoms with Crippen molar-refractivity contribution < 1.29 is 19.0 Å². The van der Waals surface area contributed by atoms with Crippen molar-refractivity contribution in [2.75, 3.05) is 20.3 Å². The molecule has 1 N–H and O–H groups in total. The molecule has 0 aliphatic carbocycles. The summed E-state index contributed by atoms with van der Waals surface area (Å²) in [4.78, 5) is 12.6. The molecule has 0 saturated heterocycles. The van der Waals surface area contributed by atoms with Crippen molar-refractivity contribution >= 4 is 17.5 Å². The summed E-state index contributed by atoms with van der Waals surface area (Å²) in [5.41, 5.74) is 1.43. The average Bonchev–Trinajstić information content (AvgIpc) is 2.61. The second-order valence-corrected chi connectivity index (χ2v) is 5.89. The molecule has 3 rings (SSSR count). The number of methoxy groups -OCH3 is 1. The summed E-state index contributed by atoms with van der Waals surface area (Å²) in [6.07, 6.45) is 0. The molecular formula is C18H18ClNO4. The minimum Gasteiger partial charge on any atom is -0.493 e. The summed E-state index contributed by atoms with van der Waals surface area (Å²) in [5, 5.41) is 3.62. The summed E-state index contributed by atoms with van der Waals surface area (Å²) >= 11 is 5.89. The van der Waals surface area contributed by atoms with Crippen molar-refractivity contribution in [3.05, 3.63) is 52.5 Å². The second kappa shape index (κ2) is 7.01. The Morgan fingerprint density at radius 3 is 2.62 bits per heavy atom. The zero-order valence-corrected chi connectivity index (χ0v) is 14.2. The number of ether oxygens (including phenoxy) is 3. The Balaban J connectivity index is 1.80. The van der Waals surface area contributed by atoms with E-state index >= 15 is 0 Å². The smallest absolute Gasteiger partial charge is 0.252 e. The highest BCUT2D eigenvalue weighted by atomic mass is 35.5. The molecular weight excluding hydrogens is 330 g/mol. The van der Waals surface area contributed by atoms with Crippen LogP contribution in [-0.4, -0.2) is 26.2 Å². The lowest BCUT2D eigenvalue weighted by Crippen LogP contribution is -2.27. The number of halogens is 1. The van der Waals surface area contributed by atoms with Gasteiger partial charge in [0, 0.05) is 10.6 Å². The normalized spacial score (nSPS) is 14.0. The van der Waals surface area contributed by atoms with Crippen molar-refractivity contribution in [2.24, 2.45) is 0 Å². The van der Waals surface area contributed by atoms with Gasteiger partial charge in [-0.15, -0.1) is 0 Å². The molecule has 6 heteroatoms. The molecule has 0 saturated carbocycles. The zero-order chi connectivity index (χ0) is 17.1. The average molecular weight is 348 g/mol. The van der Waals surface area contributed by atoms with Gasteiger partial charge in [-0.25, -0.2) is 0 Å². The van der Waals surface area contributed by atoms with Crippen LogP contribution in [-0.2, 0) is 0 Å². The maximum Gasteiger partial charge on any atom is 0.252 e. The summed E-state index contributed by atoms with van der Waals surface area (Å²) in [6, 6.07) is 10.5. The van der Waals surface area contributed by atoms with E-state index in [0.29, 0.717) is 41.0 Å². The molecule has 0 spiro atoms. The van der Waals surface area contributed by atoms with Gasteiger partial charge in [-0.1, -0.05) is 23.7 Å². The van der Waals surface area contributed by atoms with Crippen LogP contribution in [0.15, 0.2) is 36.4 Å². The van der Waals surface area contributed by atoms with E-state index in [0.717, 1.165) is 5.56 Å². The molecule has 5 nitrogen and oxygen atoms in total. The largest absolute Gasteiger partial charge is 0.493 e. The number of hydrogen-bond acceptors (Lipinski definition) is 4. The first-order chi connectivity index (χ1) is 11.6. The first kappa shape index (κ1) is 16.5. The Kier molecular flexibility index (Phi) is 4.81. The van der Waals surface area contributed by atoms with Crippen LogP contribution in [0.5, 0.6) is 17.2 Å². The van der Waals surface area contributed by atoms with Gasteiger partial charge in [-0.05, 0) is 36.8 Å². The van der Waals surface area contributed by atoms with Gasteiger partial charge >= 0.3 is 0 Å². The van der Waals surface area contributed by atoms with E-state index in [-0.39, 0.29) is 11.9 Å². The molecule has 1 amide bonds. The molecule has 0 bridgehead atoms. The number of hydrogen-bond donors (Lipinski definition) is 1. The van der Waals surface area contributed by atoms with Crippen LogP contribution in [0.4, 0.5) is 0 Å². The van der Waals surface area contributed by atoms with Crippen LogP contribution < -0.4 is 19.5 Å². The summed E-state index contributed by atoms with van der Waals surface area (Å²) < 4.78 is 16.4. The van der Waals surface area contributed by atoms with Crippen molar-refractivity contribution in [3.8, 4) is 17.2 Å². The molecule has 0 radical (unpaired) electrons. The van der Waals surface area contributed by atoms with Crippen LogP contribution in [0, 0.1) is 0 Å². The molecule has 2 aromatic carbocycles. The van der Waals surface area contributed by atoms with Gasteiger partial charge < -0.3 is 19.5 Å². The van der Waals surface area contributed by atoms with E-state index in [2.05, 4.69) is 5.32 Å². The summed E-state index contributed by atoms with van der Waals surface area (Å²) in [7, 11) is 1.53. The van der Waals surface area contributed by atoms with E-state index in [4.69, 9.17) is 25.8 Å². The number of carbonyl (C=O) groups is 1. The standard InChI is InChI=1S/C18H18ClNO4/c1-11(12-3-5-14(19)6-4-12)20-18(21)13-9-15(22-2)17-16(10-13)23-7-8-24-17/h3-6,9-11H,7-8H2,1-2H3,(H,20,21). The highest BCUT2D eigenvalue weighted by Crippen LogP contribution is 2.40. The molecule has 0 fully saturated rings. The van der Waals surface area contributed by atoms with Gasteiger partial charge in [-0.3, -0.25) is 4.79 Å². The maximum atomic E-state index is 12.6. The number of benzene rings is 2.